The summed E-state index contributed by atoms with van der Waals surface area (Å²) >= 11 is 0. The second-order valence-corrected chi connectivity index (χ2v) is 5.66. The van der Waals surface area contributed by atoms with Gasteiger partial charge in [0.1, 0.15) is 0 Å². The maximum atomic E-state index is 11.8. The lowest BCUT2D eigenvalue weighted by molar-refractivity contribution is 0.177. The number of nitrogens with zero attached hydrogens (tertiary/aromatic N) is 2. The van der Waals surface area contributed by atoms with Crippen molar-refractivity contribution in [2.75, 3.05) is 20.3 Å². The number of aromatic nitrogens is 2. The zero-order valence-corrected chi connectivity index (χ0v) is 11.5. The largest absolute Gasteiger partial charge is 0.383 e. The first-order valence-corrected chi connectivity index (χ1v) is 7.24. The van der Waals surface area contributed by atoms with Crippen LogP contribution in [0.3, 0.4) is 0 Å². The molecule has 0 saturated heterocycles. The summed E-state index contributed by atoms with van der Waals surface area (Å²) in [7, 11) is -1.98. The molecule has 3 N–H and O–H groups in total. The van der Waals surface area contributed by atoms with Gasteiger partial charge in [-0.2, -0.15) is 0 Å². The second kappa shape index (κ2) is 6.83. The van der Waals surface area contributed by atoms with E-state index in [0.29, 0.717) is 19.6 Å². The highest BCUT2D eigenvalue weighted by atomic mass is 32.2. The van der Waals surface area contributed by atoms with E-state index in [2.05, 4.69) is 9.71 Å². The summed E-state index contributed by atoms with van der Waals surface area (Å²) in [6.45, 7) is 3.27. The number of methoxy groups -OCH3 is 1. The smallest absolute Gasteiger partial charge is 0.259 e. The Morgan fingerprint density at radius 2 is 2.33 bits per heavy atom. The Kier molecular flexibility index (Phi) is 5.73. The lowest BCUT2D eigenvalue weighted by Gasteiger charge is -2.10. The van der Waals surface area contributed by atoms with Crippen molar-refractivity contribution < 1.29 is 13.2 Å². The van der Waals surface area contributed by atoms with Crippen LogP contribution in [0.15, 0.2) is 17.6 Å². The number of sulfonamides is 1. The minimum absolute atomic E-state index is 0.0321. The van der Waals surface area contributed by atoms with Crippen LogP contribution in [0, 0.1) is 0 Å². The molecule has 8 heteroatoms. The Morgan fingerprint density at radius 3 is 2.89 bits per heavy atom. The maximum Gasteiger partial charge on any atom is 0.259 e. The number of ether oxygens (including phenoxy) is 1. The van der Waals surface area contributed by atoms with E-state index in [4.69, 9.17) is 10.5 Å². The van der Waals surface area contributed by atoms with Crippen LogP contribution in [0.1, 0.15) is 13.3 Å². The van der Waals surface area contributed by atoms with Crippen molar-refractivity contribution in [2.45, 2.75) is 31.0 Å². The van der Waals surface area contributed by atoms with Crippen LogP contribution in [0.5, 0.6) is 0 Å². The standard InChI is InChI=1S/C10H20N4O3S/c1-3-14-6-10(12-8-14)18(15,16)13-5-4-9(11)7-17-2/h6,8-9,13H,3-5,7,11H2,1-2H3. The summed E-state index contributed by atoms with van der Waals surface area (Å²) in [6.07, 6.45) is 3.50. The average molecular weight is 276 g/mol. The molecule has 0 spiro atoms. The average Bonchev–Trinajstić information content (AvgIpc) is 2.78. The molecule has 0 bridgehead atoms. The molecular formula is C10H20N4O3S. The fourth-order valence-corrected chi connectivity index (χ4v) is 2.40. The fraction of sp³-hybridized carbons (Fsp3) is 0.700. The molecule has 0 aliphatic carbocycles. The normalized spacial score (nSPS) is 13.7. The monoisotopic (exact) mass is 276 g/mol. The highest BCUT2D eigenvalue weighted by Gasteiger charge is 2.16. The molecule has 1 unspecified atom stereocenters. The van der Waals surface area contributed by atoms with Crippen LogP contribution in [0.25, 0.3) is 0 Å². The summed E-state index contributed by atoms with van der Waals surface area (Å²) in [5, 5.41) is 0.0321. The predicted octanol–water partition coefficient (Wildman–Crippen LogP) is -0.455. The van der Waals surface area contributed by atoms with Crippen molar-refractivity contribution in [3.63, 3.8) is 0 Å². The van der Waals surface area contributed by atoms with Gasteiger partial charge in [-0.15, -0.1) is 0 Å². The van der Waals surface area contributed by atoms with Gasteiger partial charge in [0.2, 0.25) is 0 Å². The Balaban J connectivity index is 2.50. The first-order valence-electron chi connectivity index (χ1n) is 5.75. The second-order valence-electron chi connectivity index (χ2n) is 3.94. The van der Waals surface area contributed by atoms with Crippen molar-refractivity contribution in [3.05, 3.63) is 12.5 Å². The lowest BCUT2D eigenvalue weighted by Crippen LogP contribution is -2.33. The van der Waals surface area contributed by atoms with E-state index in [0.717, 1.165) is 0 Å². The third kappa shape index (κ3) is 4.37. The molecule has 0 radical (unpaired) electrons. The summed E-state index contributed by atoms with van der Waals surface area (Å²) in [4.78, 5) is 3.85. The number of rotatable bonds is 8. The lowest BCUT2D eigenvalue weighted by atomic mass is 10.2. The molecule has 0 amide bonds. The SMILES string of the molecule is CCn1cnc(S(=O)(=O)NCCC(N)COC)c1. The van der Waals surface area contributed by atoms with Crippen LogP contribution in [-0.2, 0) is 21.3 Å². The highest BCUT2D eigenvalue weighted by molar-refractivity contribution is 7.89. The zero-order chi connectivity index (χ0) is 13.6. The van der Waals surface area contributed by atoms with E-state index >= 15 is 0 Å². The molecule has 0 aliphatic heterocycles. The van der Waals surface area contributed by atoms with E-state index < -0.39 is 10.0 Å². The molecule has 0 aromatic carbocycles. The van der Waals surface area contributed by atoms with Crippen LogP contribution in [-0.4, -0.2) is 44.3 Å². The highest BCUT2D eigenvalue weighted by Crippen LogP contribution is 2.04. The third-order valence-corrected chi connectivity index (χ3v) is 3.78. The minimum atomic E-state index is -3.54. The molecule has 18 heavy (non-hydrogen) atoms. The summed E-state index contributed by atoms with van der Waals surface area (Å²) in [5.74, 6) is 0. The van der Waals surface area contributed by atoms with Crippen LogP contribution < -0.4 is 10.5 Å². The van der Waals surface area contributed by atoms with Gasteiger partial charge in [0.25, 0.3) is 10.0 Å². The summed E-state index contributed by atoms with van der Waals surface area (Å²) in [6, 6.07) is -0.175. The molecule has 1 heterocycles. The number of hydrogen-bond acceptors (Lipinski definition) is 5. The van der Waals surface area contributed by atoms with E-state index in [1.54, 1.807) is 11.7 Å². The van der Waals surface area contributed by atoms with Gasteiger partial charge in [-0.3, -0.25) is 0 Å². The molecule has 1 atom stereocenters. The quantitative estimate of drug-likeness (QED) is 0.669. The number of nitrogens with two attached hydrogens (primary N) is 1. The van der Waals surface area contributed by atoms with Crippen LogP contribution in [0.2, 0.25) is 0 Å². The van der Waals surface area contributed by atoms with Crippen molar-refractivity contribution in [3.8, 4) is 0 Å². The Hall–Kier alpha value is -0.960. The molecule has 0 saturated carbocycles. The van der Waals surface area contributed by atoms with E-state index in [1.165, 1.54) is 12.5 Å². The van der Waals surface area contributed by atoms with E-state index in [1.807, 2.05) is 6.92 Å². The van der Waals surface area contributed by atoms with Crippen molar-refractivity contribution >= 4 is 10.0 Å². The fourth-order valence-electron chi connectivity index (χ4n) is 1.40. The van der Waals surface area contributed by atoms with Gasteiger partial charge in [0, 0.05) is 32.4 Å². The van der Waals surface area contributed by atoms with Gasteiger partial charge in [0.05, 0.1) is 12.9 Å². The van der Waals surface area contributed by atoms with Gasteiger partial charge in [-0.1, -0.05) is 0 Å². The summed E-state index contributed by atoms with van der Waals surface area (Å²) in [5.41, 5.74) is 5.70. The number of hydrogen-bond donors (Lipinski definition) is 2. The van der Waals surface area contributed by atoms with Gasteiger partial charge < -0.3 is 15.0 Å². The first kappa shape index (κ1) is 15.1. The Labute approximate surface area is 107 Å². The molecule has 1 aromatic heterocycles. The Bertz CT molecular complexity index is 457. The minimum Gasteiger partial charge on any atom is -0.383 e. The van der Waals surface area contributed by atoms with Gasteiger partial charge in [-0.25, -0.2) is 18.1 Å². The van der Waals surface area contributed by atoms with Crippen LogP contribution in [0.4, 0.5) is 0 Å². The maximum absolute atomic E-state index is 11.8. The third-order valence-electron chi connectivity index (χ3n) is 2.44. The van der Waals surface area contributed by atoms with Crippen molar-refractivity contribution in [1.29, 1.82) is 0 Å². The number of aryl methyl sites for hydroxylation is 1. The summed E-state index contributed by atoms with van der Waals surface area (Å²) < 4.78 is 32.7. The first-order chi connectivity index (χ1) is 8.49. The van der Waals surface area contributed by atoms with Crippen LogP contribution >= 0.6 is 0 Å². The molecule has 104 valence electrons. The number of imidazole rings is 1. The zero-order valence-electron chi connectivity index (χ0n) is 10.7. The molecule has 7 nitrogen and oxygen atoms in total. The van der Waals surface area contributed by atoms with Gasteiger partial charge in [-0.05, 0) is 13.3 Å². The van der Waals surface area contributed by atoms with Gasteiger partial charge in [0.15, 0.2) is 5.03 Å². The molecule has 0 fully saturated rings. The molecule has 0 aliphatic rings. The molecule has 1 aromatic rings. The predicted molar refractivity (Wildman–Crippen MR) is 67.6 cm³/mol. The number of nitrogens with one attached hydrogen (secondary N) is 1. The van der Waals surface area contributed by atoms with E-state index in [9.17, 15) is 8.42 Å². The molecule has 1 rings (SSSR count). The van der Waals surface area contributed by atoms with Gasteiger partial charge >= 0.3 is 0 Å². The topological polar surface area (TPSA) is 99.2 Å². The molecular weight excluding hydrogens is 256 g/mol. The van der Waals surface area contributed by atoms with Crippen molar-refractivity contribution in [1.82, 2.24) is 14.3 Å². The van der Waals surface area contributed by atoms with Crippen molar-refractivity contribution in [2.24, 2.45) is 5.73 Å². The Morgan fingerprint density at radius 1 is 1.61 bits per heavy atom. The van der Waals surface area contributed by atoms with E-state index in [-0.39, 0.29) is 17.6 Å².